The van der Waals surface area contributed by atoms with Gasteiger partial charge in [0.05, 0.1) is 11.6 Å². The first-order chi connectivity index (χ1) is 9.01. The summed E-state index contributed by atoms with van der Waals surface area (Å²) in [5.74, 6) is 0.251. The molecule has 106 valence electrons. The number of Topliss-reactive ketones (excluding diaryl/α,β-unsaturated/α-hetero) is 1. The largest absolute Gasteiger partial charge is 0.319 e. The summed E-state index contributed by atoms with van der Waals surface area (Å²) in [5.41, 5.74) is 2.31. The van der Waals surface area contributed by atoms with Crippen LogP contribution in [-0.4, -0.2) is 24.6 Å². The minimum atomic E-state index is 0.000848. The fourth-order valence-electron chi connectivity index (χ4n) is 2.38. The van der Waals surface area contributed by atoms with E-state index in [9.17, 15) is 4.79 Å². The maximum atomic E-state index is 11.9. The lowest BCUT2D eigenvalue weighted by Gasteiger charge is -2.22. The van der Waals surface area contributed by atoms with Crippen molar-refractivity contribution in [1.82, 2.24) is 4.68 Å². The van der Waals surface area contributed by atoms with Gasteiger partial charge in [0.15, 0.2) is 0 Å². The monoisotopic (exact) mass is 262 g/mol. The van der Waals surface area contributed by atoms with Crippen LogP contribution in [0.1, 0.15) is 50.3 Å². The van der Waals surface area contributed by atoms with E-state index in [1.165, 1.54) is 5.56 Å². The van der Waals surface area contributed by atoms with E-state index in [0.29, 0.717) is 0 Å². The van der Waals surface area contributed by atoms with Crippen molar-refractivity contribution in [2.75, 3.05) is 19.1 Å². The Morgan fingerprint density at radius 3 is 2.68 bits per heavy atom. The van der Waals surface area contributed by atoms with Gasteiger partial charge in [-0.15, -0.1) is 6.58 Å². The molecule has 0 bridgehead atoms. The first kappa shape index (κ1) is 15.5. The number of aromatic nitrogens is 1. The lowest BCUT2D eigenvalue weighted by atomic mass is 9.94. The van der Waals surface area contributed by atoms with Crippen LogP contribution in [0.25, 0.3) is 0 Å². The topological polar surface area (TPSA) is 25.2 Å². The summed E-state index contributed by atoms with van der Waals surface area (Å²) in [7, 11) is 4.00. The number of hydrogen-bond donors (Lipinski definition) is 0. The average Bonchev–Trinajstić information content (AvgIpc) is 2.74. The molecule has 0 fully saturated rings. The molecule has 1 unspecified atom stereocenters. The summed E-state index contributed by atoms with van der Waals surface area (Å²) in [4.78, 5) is 11.9. The highest BCUT2D eigenvalue weighted by Gasteiger charge is 2.21. The second-order valence-electron chi connectivity index (χ2n) is 5.26. The summed E-state index contributed by atoms with van der Waals surface area (Å²) < 4.78 is 2.08. The Hall–Kier alpha value is -1.51. The fourth-order valence-corrected chi connectivity index (χ4v) is 2.38. The number of unbranched alkanes of at least 4 members (excludes halogenated alkanes) is 1. The maximum Gasteiger partial charge on any atom is 0.138 e. The molecule has 19 heavy (non-hydrogen) atoms. The third-order valence-corrected chi connectivity index (χ3v) is 3.39. The second-order valence-corrected chi connectivity index (χ2v) is 5.26. The van der Waals surface area contributed by atoms with Gasteiger partial charge in [-0.05, 0) is 31.4 Å². The van der Waals surface area contributed by atoms with Gasteiger partial charge in [-0.2, -0.15) is 0 Å². The zero-order valence-corrected chi connectivity index (χ0v) is 12.6. The molecule has 1 rings (SSSR count). The van der Waals surface area contributed by atoms with E-state index < -0.39 is 0 Å². The van der Waals surface area contributed by atoms with E-state index >= 15 is 0 Å². The molecule has 0 aliphatic carbocycles. The number of hydrogen-bond acceptors (Lipinski definition) is 2. The van der Waals surface area contributed by atoms with Crippen molar-refractivity contribution in [2.24, 2.45) is 0 Å². The molecular weight excluding hydrogens is 236 g/mol. The van der Waals surface area contributed by atoms with Crippen LogP contribution < -0.4 is 5.01 Å². The number of allylic oxidation sites excluding steroid dienone is 1. The van der Waals surface area contributed by atoms with Crippen LogP contribution in [0.3, 0.4) is 0 Å². The fraction of sp³-hybridized carbons (Fsp3) is 0.562. The van der Waals surface area contributed by atoms with Crippen LogP contribution in [0, 0.1) is 0 Å². The van der Waals surface area contributed by atoms with Crippen molar-refractivity contribution in [3.05, 3.63) is 36.2 Å². The van der Waals surface area contributed by atoms with Crippen LogP contribution in [0.4, 0.5) is 0 Å². The molecule has 0 radical (unpaired) electrons. The van der Waals surface area contributed by atoms with Gasteiger partial charge in [0.1, 0.15) is 5.78 Å². The Kier molecular flexibility index (Phi) is 5.87. The highest BCUT2D eigenvalue weighted by atomic mass is 16.1. The molecular formula is C16H26N2O. The molecule has 0 aliphatic heterocycles. The van der Waals surface area contributed by atoms with Crippen molar-refractivity contribution < 1.29 is 4.79 Å². The Bertz CT molecular complexity index is 432. The highest BCUT2D eigenvalue weighted by Crippen LogP contribution is 2.25. The quantitative estimate of drug-likeness (QED) is 0.672. The van der Waals surface area contributed by atoms with Gasteiger partial charge in [-0.1, -0.05) is 25.8 Å². The van der Waals surface area contributed by atoms with Crippen molar-refractivity contribution >= 4 is 5.78 Å². The summed E-state index contributed by atoms with van der Waals surface area (Å²) in [6, 6.07) is 2.14. The second kappa shape index (κ2) is 7.17. The zero-order valence-electron chi connectivity index (χ0n) is 12.6. The first-order valence-corrected chi connectivity index (χ1v) is 7.01. The van der Waals surface area contributed by atoms with Crippen molar-refractivity contribution in [3.63, 3.8) is 0 Å². The van der Waals surface area contributed by atoms with E-state index in [4.69, 9.17) is 0 Å². The minimum absolute atomic E-state index is 0.000848. The molecule has 1 atom stereocenters. The predicted octanol–water partition coefficient (Wildman–Crippen LogP) is 3.28. The molecule has 0 aliphatic rings. The summed E-state index contributed by atoms with van der Waals surface area (Å²) in [6.45, 7) is 7.63. The van der Waals surface area contributed by atoms with E-state index in [0.717, 1.165) is 31.4 Å². The van der Waals surface area contributed by atoms with E-state index in [1.807, 2.05) is 25.2 Å². The Labute approximate surface area is 116 Å². The third kappa shape index (κ3) is 3.98. The number of rotatable bonds is 8. The highest BCUT2D eigenvalue weighted by molar-refractivity contribution is 5.83. The maximum absolute atomic E-state index is 11.9. The van der Waals surface area contributed by atoms with E-state index in [2.05, 4.69) is 30.4 Å². The van der Waals surface area contributed by atoms with E-state index in [1.54, 1.807) is 6.92 Å². The normalized spacial score (nSPS) is 12.2. The molecule has 0 aromatic carbocycles. The van der Waals surface area contributed by atoms with Gasteiger partial charge in [0.25, 0.3) is 0 Å². The van der Waals surface area contributed by atoms with Crippen molar-refractivity contribution in [1.29, 1.82) is 0 Å². The minimum Gasteiger partial charge on any atom is -0.319 e. The number of carbonyl (C=O) groups is 1. The standard InChI is InChI=1S/C16H26N2O/c1-6-8-10-15(13(3)19)16-11-14(9-7-2)12-18(16)17(4)5/h7,11-12,15H,2,6,8-10H2,1,3-5H3. The molecule has 1 heterocycles. The Morgan fingerprint density at radius 2 is 2.21 bits per heavy atom. The summed E-state index contributed by atoms with van der Waals surface area (Å²) >= 11 is 0. The van der Waals surface area contributed by atoms with Gasteiger partial charge in [-0.25, -0.2) is 0 Å². The van der Waals surface area contributed by atoms with Crippen molar-refractivity contribution in [3.8, 4) is 0 Å². The first-order valence-electron chi connectivity index (χ1n) is 7.01. The summed E-state index contributed by atoms with van der Waals surface area (Å²) in [6.07, 6.45) is 7.96. The molecule has 0 N–H and O–H groups in total. The number of ketones is 1. The molecule has 3 heteroatoms. The molecule has 0 saturated carbocycles. The molecule has 3 nitrogen and oxygen atoms in total. The Balaban J connectivity index is 3.11. The number of carbonyl (C=O) groups excluding carboxylic acids is 1. The van der Waals surface area contributed by atoms with Gasteiger partial charge < -0.3 is 5.01 Å². The van der Waals surface area contributed by atoms with Gasteiger partial charge in [-0.3, -0.25) is 9.47 Å². The molecule has 0 spiro atoms. The zero-order chi connectivity index (χ0) is 14.4. The summed E-state index contributed by atoms with van der Waals surface area (Å²) in [5, 5.41) is 2.02. The van der Waals surface area contributed by atoms with Gasteiger partial charge >= 0.3 is 0 Å². The van der Waals surface area contributed by atoms with Gasteiger partial charge in [0, 0.05) is 20.3 Å². The molecule has 0 saturated heterocycles. The lowest BCUT2D eigenvalue weighted by Crippen LogP contribution is -2.28. The van der Waals surface area contributed by atoms with Crippen LogP contribution >= 0.6 is 0 Å². The van der Waals surface area contributed by atoms with Crippen LogP contribution in [-0.2, 0) is 11.2 Å². The molecule has 1 aromatic rings. The van der Waals surface area contributed by atoms with E-state index in [-0.39, 0.29) is 11.7 Å². The smallest absolute Gasteiger partial charge is 0.138 e. The average molecular weight is 262 g/mol. The van der Waals surface area contributed by atoms with Crippen LogP contribution in [0.5, 0.6) is 0 Å². The number of nitrogens with zero attached hydrogens (tertiary/aromatic N) is 2. The van der Waals surface area contributed by atoms with Gasteiger partial charge in [0.2, 0.25) is 0 Å². The van der Waals surface area contributed by atoms with Crippen molar-refractivity contribution in [2.45, 2.75) is 45.4 Å². The lowest BCUT2D eigenvalue weighted by molar-refractivity contribution is -0.118. The molecule has 1 aromatic heterocycles. The molecule has 0 amide bonds. The SMILES string of the molecule is C=CCc1cc(C(CCCC)C(C)=O)n(N(C)C)c1. The van der Waals surface area contributed by atoms with Crippen LogP contribution in [0.15, 0.2) is 24.9 Å². The Morgan fingerprint density at radius 1 is 1.53 bits per heavy atom. The predicted molar refractivity (Wildman–Crippen MR) is 81.3 cm³/mol. The third-order valence-electron chi connectivity index (χ3n) is 3.39. The van der Waals surface area contributed by atoms with Crippen LogP contribution in [0.2, 0.25) is 0 Å².